The molecule has 0 unspecified atom stereocenters. The minimum absolute atomic E-state index is 0.516. The van der Waals surface area contributed by atoms with E-state index in [0.29, 0.717) is 22.1 Å². The predicted molar refractivity (Wildman–Crippen MR) is 67.4 cm³/mol. The molecule has 2 aromatic carbocycles. The van der Waals surface area contributed by atoms with Crippen molar-refractivity contribution in [2.75, 3.05) is 0 Å². The molecular formula is C14H10ClNO. The maximum atomic E-state index is 8.96. The van der Waals surface area contributed by atoms with Crippen LogP contribution >= 0.6 is 11.6 Å². The molecular weight excluding hydrogens is 234 g/mol. The Morgan fingerprint density at radius 1 is 1.12 bits per heavy atom. The van der Waals surface area contributed by atoms with E-state index in [0.717, 1.165) is 5.56 Å². The number of nitriles is 1. The summed E-state index contributed by atoms with van der Waals surface area (Å²) in [6.45, 7) is 1.91. The molecule has 0 aromatic heterocycles. The molecule has 0 saturated heterocycles. The number of ether oxygens (including phenoxy) is 1. The van der Waals surface area contributed by atoms with E-state index in [1.807, 2.05) is 19.1 Å². The van der Waals surface area contributed by atoms with Crippen LogP contribution in [-0.4, -0.2) is 0 Å². The second kappa shape index (κ2) is 4.90. The molecule has 0 amide bonds. The highest BCUT2D eigenvalue weighted by molar-refractivity contribution is 6.30. The molecule has 2 aromatic rings. The Labute approximate surface area is 105 Å². The Balaban J connectivity index is 2.35. The van der Waals surface area contributed by atoms with Crippen molar-refractivity contribution in [3.8, 4) is 17.6 Å². The predicted octanol–water partition coefficient (Wildman–Crippen LogP) is 4.31. The number of hydrogen-bond acceptors (Lipinski definition) is 2. The van der Waals surface area contributed by atoms with Crippen molar-refractivity contribution in [2.24, 2.45) is 0 Å². The smallest absolute Gasteiger partial charge is 0.145 e. The van der Waals surface area contributed by atoms with Crippen molar-refractivity contribution in [1.82, 2.24) is 0 Å². The average molecular weight is 244 g/mol. The highest BCUT2D eigenvalue weighted by atomic mass is 35.5. The van der Waals surface area contributed by atoms with Crippen molar-refractivity contribution in [1.29, 1.82) is 5.26 Å². The van der Waals surface area contributed by atoms with Crippen molar-refractivity contribution < 1.29 is 4.74 Å². The third-order valence-corrected chi connectivity index (χ3v) is 2.60. The molecule has 0 saturated carbocycles. The quantitative estimate of drug-likeness (QED) is 0.787. The monoisotopic (exact) mass is 243 g/mol. The van der Waals surface area contributed by atoms with Gasteiger partial charge in [0.1, 0.15) is 17.6 Å². The Kier molecular flexibility index (Phi) is 3.32. The number of aryl methyl sites for hydroxylation is 1. The van der Waals surface area contributed by atoms with Gasteiger partial charge in [0.2, 0.25) is 0 Å². The van der Waals surface area contributed by atoms with Crippen LogP contribution in [0.15, 0.2) is 42.5 Å². The van der Waals surface area contributed by atoms with Gasteiger partial charge in [0, 0.05) is 5.02 Å². The third-order valence-electron chi connectivity index (χ3n) is 2.36. The first-order valence-corrected chi connectivity index (χ1v) is 5.51. The number of rotatable bonds is 2. The largest absolute Gasteiger partial charge is 0.456 e. The van der Waals surface area contributed by atoms with Gasteiger partial charge in [-0.1, -0.05) is 23.7 Å². The van der Waals surface area contributed by atoms with E-state index in [9.17, 15) is 0 Å². The van der Waals surface area contributed by atoms with E-state index in [2.05, 4.69) is 6.07 Å². The zero-order valence-electron chi connectivity index (χ0n) is 9.27. The lowest BCUT2D eigenvalue weighted by atomic mass is 10.2. The summed E-state index contributed by atoms with van der Waals surface area (Å²) in [5.41, 5.74) is 1.45. The number of nitrogens with zero attached hydrogens (tertiary/aromatic N) is 1. The number of para-hydroxylation sites is 1. The second-order valence-corrected chi connectivity index (χ2v) is 4.06. The standard InChI is InChI=1S/C14H10ClNO/c1-10-8-12(15)6-7-13(10)17-14-5-3-2-4-11(14)9-16/h2-8H,1H3. The van der Waals surface area contributed by atoms with Gasteiger partial charge < -0.3 is 4.74 Å². The first kappa shape index (κ1) is 11.5. The molecule has 17 heavy (non-hydrogen) atoms. The summed E-state index contributed by atoms with van der Waals surface area (Å²) in [5.74, 6) is 1.26. The molecule has 3 heteroatoms. The summed E-state index contributed by atoms with van der Waals surface area (Å²) in [6.07, 6.45) is 0. The van der Waals surface area contributed by atoms with E-state index >= 15 is 0 Å². The zero-order valence-corrected chi connectivity index (χ0v) is 10.0. The van der Waals surface area contributed by atoms with Gasteiger partial charge in [0.15, 0.2) is 0 Å². The van der Waals surface area contributed by atoms with Crippen molar-refractivity contribution >= 4 is 11.6 Å². The van der Waals surface area contributed by atoms with Crippen LogP contribution in [0.5, 0.6) is 11.5 Å². The summed E-state index contributed by atoms with van der Waals surface area (Å²) in [5, 5.41) is 9.63. The molecule has 84 valence electrons. The third kappa shape index (κ3) is 2.58. The van der Waals surface area contributed by atoms with Gasteiger partial charge in [-0.05, 0) is 42.8 Å². The van der Waals surface area contributed by atoms with Gasteiger partial charge in [-0.2, -0.15) is 5.26 Å². The molecule has 0 fully saturated rings. The number of benzene rings is 2. The molecule has 2 nitrogen and oxygen atoms in total. The summed E-state index contributed by atoms with van der Waals surface area (Å²) < 4.78 is 5.71. The fraction of sp³-hybridized carbons (Fsp3) is 0.0714. The summed E-state index contributed by atoms with van der Waals surface area (Å²) in [4.78, 5) is 0. The maximum Gasteiger partial charge on any atom is 0.145 e. The van der Waals surface area contributed by atoms with Crippen LogP contribution < -0.4 is 4.74 Å². The van der Waals surface area contributed by atoms with E-state index < -0.39 is 0 Å². The van der Waals surface area contributed by atoms with Gasteiger partial charge in [-0.15, -0.1) is 0 Å². The molecule has 0 aliphatic rings. The Bertz CT molecular complexity index is 587. The molecule has 0 heterocycles. The minimum atomic E-state index is 0.516. The first-order chi connectivity index (χ1) is 8.20. The second-order valence-electron chi connectivity index (χ2n) is 3.62. The normalized spacial score (nSPS) is 9.71. The Morgan fingerprint density at radius 3 is 2.59 bits per heavy atom. The van der Waals surface area contributed by atoms with Crippen LogP contribution in [0.4, 0.5) is 0 Å². The van der Waals surface area contributed by atoms with Gasteiger partial charge in [-0.3, -0.25) is 0 Å². The summed E-state index contributed by atoms with van der Waals surface area (Å²) in [7, 11) is 0. The lowest BCUT2D eigenvalue weighted by molar-refractivity contribution is 0.477. The lowest BCUT2D eigenvalue weighted by Crippen LogP contribution is -1.90. The molecule has 0 aliphatic heterocycles. The van der Waals surface area contributed by atoms with Crippen molar-refractivity contribution in [2.45, 2.75) is 6.92 Å². The lowest BCUT2D eigenvalue weighted by Gasteiger charge is -2.09. The molecule has 0 N–H and O–H groups in total. The van der Waals surface area contributed by atoms with Crippen molar-refractivity contribution in [3.63, 3.8) is 0 Å². The van der Waals surface area contributed by atoms with E-state index in [1.54, 1.807) is 30.3 Å². The maximum absolute atomic E-state index is 8.96. The van der Waals surface area contributed by atoms with Gasteiger partial charge >= 0.3 is 0 Å². The molecule has 0 atom stereocenters. The number of hydrogen-bond donors (Lipinski definition) is 0. The van der Waals surface area contributed by atoms with Crippen LogP contribution in [0, 0.1) is 18.3 Å². The van der Waals surface area contributed by atoms with Crippen LogP contribution in [0.1, 0.15) is 11.1 Å². The fourth-order valence-electron chi connectivity index (χ4n) is 1.49. The summed E-state index contributed by atoms with van der Waals surface area (Å²) >= 11 is 5.87. The first-order valence-electron chi connectivity index (χ1n) is 5.14. The Morgan fingerprint density at radius 2 is 1.88 bits per heavy atom. The van der Waals surface area contributed by atoms with Crippen LogP contribution in [-0.2, 0) is 0 Å². The molecule has 0 aliphatic carbocycles. The average Bonchev–Trinajstić information content (AvgIpc) is 2.33. The van der Waals surface area contributed by atoms with Crippen molar-refractivity contribution in [3.05, 3.63) is 58.6 Å². The topological polar surface area (TPSA) is 33.0 Å². The van der Waals surface area contributed by atoms with Gasteiger partial charge in [0.25, 0.3) is 0 Å². The molecule has 0 spiro atoms. The Hall–Kier alpha value is -1.98. The van der Waals surface area contributed by atoms with E-state index in [-0.39, 0.29) is 0 Å². The highest BCUT2D eigenvalue weighted by Crippen LogP contribution is 2.29. The van der Waals surface area contributed by atoms with Crippen LogP contribution in [0.25, 0.3) is 0 Å². The summed E-state index contributed by atoms with van der Waals surface area (Å²) in [6, 6.07) is 14.6. The van der Waals surface area contributed by atoms with Crippen LogP contribution in [0.2, 0.25) is 5.02 Å². The van der Waals surface area contributed by atoms with E-state index in [1.165, 1.54) is 0 Å². The molecule has 0 radical (unpaired) electrons. The zero-order chi connectivity index (χ0) is 12.3. The van der Waals surface area contributed by atoms with E-state index in [4.69, 9.17) is 21.6 Å². The van der Waals surface area contributed by atoms with Gasteiger partial charge in [0.05, 0.1) is 5.56 Å². The molecule has 0 bridgehead atoms. The number of halogens is 1. The van der Waals surface area contributed by atoms with Gasteiger partial charge in [-0.25, -0.2) is 0 Å². The molecule has 2 rings (SSSR count). The fourth-order valence-corrected chi connectivity index (χ4v) is 1.72. The highest BCUT2D eigenvalue weighted by Gasteiger charge is 2.05. The SMILES string of the molecule is Cc1cc(Cl)ccc1Oc1ccccc1C#N. The minimum Gasteiger partial charge on any atom is -0.456 e. The van der Waals surface area contributed by atoms with Crippen LogP contribution in [0.3, 0.4) is 0 Å².